The first kappa shape index (κ1) is 69.1. The molecular formula is C53H79N11O24. The van der Waals surface area contributed by atoms with Crippen LogP contribution in [0.1, 0.15) is 30.4 Å². The molecule has 5 aliphatic heterocycles. The van der Waals surface area contributed by atoms with Gasteiger partial charge in [0.2, 0.25) is 29.9 Å². The Kier molecular flexibility index (Phi) is 24.2. The number of nitrogens with zero attached hydrogens (tertiary/aromatic N) is 3. The van der Waals surface area contributed by atoms with Gasteiger partial charge in [0, 0.05) is 12.3 Å². The monoisotopic (exact) mass is 1250 g/mol. The Morgan fingerprint density at radius 3 is 1.85 bits per heavy atom. The Morgan fingerprint density at radius 2 is 1.26 bits per heavy atom. The summed E-state index contributed by atoms with van der Waals surface area (Å²) in [6.45, 7) is -2.55. The van der Waals surface area contributed by atoms with Gasteiger partial charge in [-0.3, -0.25) is 29.2 Å². The minimum absolute atomic E-state index is 0.0430. The van der Waals surface area contributed by atoms with Crippen molar-refractivity contribution in [2.45, 2.75) is 172 Å². The van der Waals surface area contributed by atoms with Gasteiger partial charge in [-0.15, -0.1) is 0 Å². The van der Waals surface area contributed by atoms with Crippen molar-refractivity contribution in [3.63, 3.8) is 0 Å². The van der Waals surface area contributed by atoms with Gasteiger partial charge in [0.15, 0.2) is 24.4 Å². The first-order chi connectivity index (χ1) is 41.9. The molecular weight excluding hydrogens is 1170 g/mol. The van der Waals surface area contributed by atoms with Crippen molar-refractivity contribution < 1.29 is 119 Å². The average molecular weight is 1250 g/mol. The summed E-state index contributed by atoms with van der Waals surface area (Å²) in [6, 6.07) is 2.29. The van der Waals surface area contributed by atoms with Crippen LogP contribution in [0.25, 0.3) is 0 Å². The van der Waals surface area contributed by atoms with Gasteiger partial charge < -0.3 is 149 Å². The third-order valence-corrected chi connectivity index (χ3v) is 15.9. The summed E-state index contributed by atoms with van der Waals surface area (Å²) < 4.78 is 28.2. The fraction of sp³-hybridized carbons (Fsp3) is 0.642. The third kappa shape index (κ3) is 15.6. The molecule has 25 N–H and O–H groups in total. The zero-order valence-electron chi connectivity index (χ0n) is 47.3. The van der Waals surface area contributed by atoms with Gasteiger partial charge in [-0.2, -0.15) is 0 Å². The number of nitrogens with two attached hydrogens (primary N) is 3. The number of amides is 4. The minimum Gasteiger partial charge on any atom is -0.462 e. The molecule has 3 saturated heterocycles. The van der Waals surface area contributed by atoms with Crippen LogP contribution in [-0.2, 0) is 49.3 Å². The number of rotatable bonds is 27. The summed E-state index contributed by atoms with van der Waals surface area (Å²) in [5, 5.41) is 161. The number of hydrogen-bond donors (Lipinski definition) is 22. The number of aliphatic imine (C=N–C) groups is 2. The molecule has 0 aliphatic carbocycles. The van der Waals surface area contributed by atoms with E-state index in [1.165, 1.54) is 24.3 Å². The van der Waals surface area contributed by atoms with E-state index in [-0.39, 0.29) is 30.1 Å². The topological polar surface area (TPSA) is 581 Å². The maximum atomic E-state index is 14.9. The quantitative estimate of drug-likeness (QED) is 0.0369. The maximum absolute atomic E-state index is 14.9. The Labute approximate surface area is 501 Å². The number of ether oxygens (including phenoxy) is 5. The summed E-state index contributed by atoms with van der Waals surface area (Å²) in [5.74, 6) is -6.10. The number of aliphatic hydroxyl groups is 14. The van der Waals surface area contributed by atoms with E-state index < -0.39 is 221 Å². The lowest BCUT2D eigenvalue weighted by atomic mass is 9.89. The highest BCUT2D eigenvalue weighted by Crippen LogP contribution is 2.32. The van der Waals surface area contributed by atoms with Crippen LogP contribution in [0.4, 0.5) is 0 Å². The number of aliphatic hydroxyl groups excluding tert-OH is 14. The van der Waals surface area contributed by atoms with Gasteiger partial charge in [-0.1, -0.05) is 49.4 Å². The molecule has 4 amide bonds. The number of carbonyl (C=O) groups excluding carboxylic acids is 5. The second kappa shape index (κ2) is 30.9. The summed E-state index contributed by atoms with van der Waals surface area (Å²) in [7, 11) is 0. The number of nitrogens with one attached hydrogen (secondary N) is 5. The highest BCUT2D eigenvalue weighted by molar-refractivity contribution is 5.96. The lowest BCUT2D eigenvalue weighted by molar-refractivity contribution is -0.352. The highest BCUT2D eigenvalue weighted by atomic mass is 16.7. The lowest BCUT2D eigenvalue weighted by Crippen LogP contribution is -2.70. The largest absolute Gasteiger partial charge is 0.462 e. The Hall–Kier alpha value is -6.43. The summed E-state index contributed by atoms with van der Waals surface area (Å²) in [4.78, 5) is 79.1. The third-order valence-electron chi connectivity index (χ3n) is 15.9. The van der Waals surface area contributed by atoms with E-state index in [1.807, 2.05) is 0 Å². The maximum Gasteiger partial charge on any atom is 0.246 e. The van der Waals surface area contributed by atoms with E-state index in [0.29, 0.717) is 12.0 Å². The highest BCUT2D eigenvalue weighted by Gasteiger charge is 2.54. The summed E-state index contributed by atoms with van der Waals surface area (Å²) in [5.41, 5.74) is 19.6. The van der Waals surface area contributed by atoms with Gasteiger partial charge >= 0.3 is 0 Å². The Balaban J connectivity index is 1.16. The SMILES string of the molecule is CCC(c1ccccc1)C(N)C(=O)NC(Cc1ccc(OC2OC(CO)C(OC3OC(CO)C(O)C(O)C3O)C(O)C2O)cc1)C(=O)NC(C(=O)NC(C(=O)NC(C=O)CO)C(O)C1CN=C(N)N1C1OC(CO)C(O)C(O)C1O)C(O)C1CN=C(N)N1. The molecule has 5 heterocycles. The number of hydrogen-bond acceptors (Lipinski definition) is 31. The smallest absolute Gasteiger partial charge is 0.246 e. The van der Waals surface area contributed by atoms with Crippen molar-refractivity contribution in [3.8, 4) is 5.75 Å². The van der Waals surface area contributed by atoms with Crippen LogP contribution in [0.15, 0.2) is 64.6 Å². The lowest BCUT2D eigenvalue weighted by Gasteiger charge is -2.46. The molecule has 0 aromatic heterocycles. The van der Waals surface area contributed by atoms with Crippen molar-refractivity contribution in [3.05, 3.63) is 65.7 Å². The molecule has 490 valence electrons. The molecule has 3 fully saturated rings. The molecule has 0 bridgehead atoms. The second-order valence-corrected chi connectivity index (χ2v) is 21.7. The van der Waals surface area contributed by atoms with Crippen LogP contribution in [0.3, 0.4) is 0 Å². The van der Waals surface area contributed by atoms with Gasteiger partial charge in [0.25, 0.3) is 0 Å². The number of guanidine groups is 2. The average Bonchev–Trinajstić information content (AvgIpc) is 2.31. The molecule has 35 nitrogen and oxygen atoms in total. The van der Waals surface area contributed by atoms with E-state index in [0.717, 1.165) is 4.90 Å². The molecule has 25 unspecified atom stereocenters. The van der Waals surface area contributed by atoms with Crippen LogP contribution in [-0.4, -0.2) is 304 Å². The number of carbonyl (C=O) groups is 5. The zero-order chi connectivity index (χ0) is 64.4. The van der Waals surface area contributed by atoms with Crippen LogP contribution in [0, 0.1) is 0 Å². The van der Waals surface area contributed by atoms with Gasteiger partial charge in [0.1, 0.15) is 122 Å². The number of aldehydes is 1. The molecule has 0 saturated carbocycles. The van der Waals surface area contributed by atoms with E-state index in [2.05, 4.69) is 36.6 Å². The van der Waals surface area contributed by atoms with Crippen molar-refractivity contribution in [1.82, 2.24) is 31.5 Å². The zero-order valence-corrected chi connectivity index (χ0v) is 47.3. The fourth-order valence-corrected chi connectivity index (χ4v) is 10.8. The predicted octanol–water partition coefficient (Wildman–Crippen LogP) is -12.3. The summed E-state index contributed by atoms with van der Waals surface area (Å²) in [6.07, 6.45) is -30.7. The molecule has 2 aromatic rings. The van der Waals surface area contributed by atoms with E-state index >= 15 is 0 Å². The molecule has 0 spiro atoms. The standard InChI is InChI=1S/C53H79N11O24/c1-2-24(21-6-4-3-5-7-21)31(54)46(81)60-25(12-20-8-10-23(11-9-20)84-50-43(79)40(76)44(30(19-69)87-50)88-51-42(78)39(75)37(73)29(18-68)86-51)45(80)62-32(34(70)26-13-57-52(55)61-26)48(83)63-33(47(82)59-22(15-65)16-66)35(71)27-14-58-53(56)64(27)49-41(77)38(74)36(72)28(17-67)85-49/h3-11,15,22,24-44,49-51,66-79H,2,12-14,16-19,54H2,1H3,(H2,56,58)(H,59,82)(H,60,81)(H,62,80)(H,63,83)(H3,55,57,61). The first-order valence-electron chi connectivity index (χ1n) is 28.2. The van der Waals surface area contributed by atoms with Crippen LogP contribution < -0.4 is 48.5 Å². The van der Waals surface area contributed by atoms with Crippen molar-refractivity contribution >= 4 is 41.8 Å². The Morgan fingerprint density at radius 1 is 0.682 bits per heavy atom. The van der Waals surface area contributed by atoms with Crippen molar-refractivity contribution in [1.29, 1.82) is 0 Å². The fourth-order valence-electron chi connectivity index (χ4n) is 10.8. The van der Waals surface area contributed by atoms with E-state index in [4.69, 9.17) is 40.9 Å². The molecule has 88 heavy (non-hydrogen) atoms. The van der Waals surface area contributed by atoms with Gasteiger partial charge in [-0.05, 0) is 29.7 Å². The predicted molar refractivity (Wildman–Crippen MR) is 297 cm³/mol. The summed E-state index contributed by atoms with van der Waals surface area (Å²) >= 11 is 0. The van der Waals surface area contributed by atoms with Crippen molar-refractivity contribution in [2.75, 3.05) is 39.5 Å². The van der Waals surface area contributed by atoms with Crippen LogP contribution >= 0.6 is 0 Å². The van der Waals surface area contributed by atoms with Crippen LogP contribution in [0.2, 0.25) is 0 Å². The Bertz CT molecular complexity index is 2710. The number of benzene rings is 2. The molecule has 7 rings (SSSR count). The van der Waals surface area contributed by atoms with Crippen molar-refractivity contribution in [2.24, 2.45) is 27.2 Å². The normalized spacial score (nSPS) is 33.4. The second-order valence-electron chi connectivity index (χ2n) is 21.7. The van der Waals surface area contributed by atoms with E-state index in [1.54, 1.807) is 37.3 Å². The first-order valence-corrected chi connectivity index (χ1v) is 28.2. The molecule has 5 aliphatic rings. The van der Waals surface area contributed by atoms with Crippen LogP contribution in [0.5, 0.6) is 5.75 Å². The molecule has 35 heteroatoms. The molecule has 25 atom stereocenters. The van der Waals surface area contributed by atoms with Gasteiger partial charge in [-0.25, -0.2) is 0 Å². The molecule has 0 radical (unpaired) electrons. The van der Waals surface area contributed by atoms with Gasteiger partial charge in [0.05, 0.1) is 57.6 Å². The van der Waals surface area contributed by atoms with E-state index in [9.17, 15) is 95.5 Å². The molecule has 2 aromatic carbocycles. The minimum atomic E-state index is -2.26.